The lowest BCUT2D eigenvalue weighted by molar-refractivity contribution is -0.121. The monoisotopic (exact) mass is 349 g/mol. The highest BCUT2D eigenvalue weighted by molar-refractivity contribution is 7.15. The Balaban J connectivity index is 1.78. The van der Waals surface area contributed by atoms with E-state index in [-0.39, 0.29) is 11.8 Å². The first kappa shape index (κ1) is 14.5. The number of carbonyl (C=O) groups excluding carboxylic acids is 1. The molecule has 1 atom stereocenters. The standard InChI is InChI=1S/C19H15N3O2S/c20-19-22-14-9-21-16(23)8-13(18(14)25-19)12-6-3-5-11-10-4-1-2-7-15(10)24-17(11)12/h1-7,13H,8-9H2,(H2,20,22)(H,21,23)/t13-/m1/s1. The maximum Gasteiger partial charge on any atom is 0.221 e. The number of carbonyl (C=O) groups is 1. The van der Waals surface area contributed by atoms with Crippen molar-refractivity contribution in [1.82, 2.24) is 10.3 Å². The minimum absolute atomic E-state index is 0.0156. The summed E-state index contributed by atoms with van der Waals surface area (Å²) in [5, 5.41) is 5.59. The number of anilines is 1. The van der Waals surface area contributed by atoms with Gasteiger partial charge in [-0.2, -0.15) is 0 Å². The Hall–Kier alpha value is -2.86. The van der Waals surface area contributed by atoms with Crippen LogP contribution >= 0.6 is 11.3 Å². The highest BCUT2D eigenvalue weighted by Gasteiger charge is 2.29. The van der Waals surface area contributed by atoms with E-state index in [1.165, 1.54) is 11.3 Å². The lowest BCUT2D eigenvalue weighted by Crippen LogP contribution is -2.21. The minimum atomic E-state index is -0.100. The third-order valence-corrected chi connectivity index (χ3v) is 5.75. The van der Waals surface area contributed by atoms with Gasteiger partial charge in [0.05, 0.1) is 12.2 Å². The van der Waals surface area contributed by atoms with Crippen LogP contribution < -0.4 is 11.1 Å². The van der Waals surface area contributed by atoms with Crippen molar-refractivity contribution < 1.29 is 9.21 Å². The number of nitrogens with zero attached hydrogens (tertiary/aromatic N) is 1. The number of nitrogen functional groups attached to an aromatic ring is 1. The molecule has 124 valence electrons. The summed E-state index contributed by atoms with van der Waals surface area (Å²) in [5.41, 5.74) is 9.48. The van der Waals surface area contributed by atoms with Crippen LogP contribution in [0.4, 0.5) is 5.13 Å². The molecule has 4 aromatic rings. The molecule has 0 aliphatic carbocycles. The average molecular weight is 349 g/mol. The molecule has 0 bridgehead atoms. The number of rotatable bonds is 1. The molecule has 0 unspecified atom stereocenters. The van der Waals surface area contributed by atoms with Crippen LogP contribution in [0.3, 0.4) is 0 Å². The van der Waals surface area contributed by atoms with Gasteiger partial charge in [-0.3, -0.25) is 4.79 Å². The molecule has 3 N–H and O–H groups in total. The van der Waals surface area contributed by atoms with Gasteiger partial charge in [-0.1, -0.05) is 36.4 Å². The second-order valence-corrected chi connectivity index (χ2v) is 7.28. The van der Waals surface area contributed by atoms with E-state index in [0.717, 1.165) is 38.1 Å². The van der Waals surface area contributed by atoms with Crippen molar-refractivity contribution in [2.45, 2.75) is 18.9 Å². The van der Waals surface area contributed by atoms with Crippen molar-refractivity contribution in [3.05, 3.63) is 58.6 Å². The number of benzene rings is 2. The van der Waals surface area contributed by atoms with Gasteiger partial charge in [0.15, 0.2) is 5.13 Å². The van der Waals surface area contributed by atoms with Crippen LogP contribution in [-0.4, -0.2) is 10.9 Å². The molecule has 1 amide bonds. The number of nitrogens with two attached hydrogens (primary N) is 1. The van der Waals surface area contributed by atoms with Crippen LogP contribution in [0, 0.1) is 0 Å². The average Bonchev–Trinajstić information content (AvgIpc) is 3.14. The van der Waals surface area contributed by atoms with E-state index in [0.29, 0.717) is 18.1 Å². The van der Waals surface area contributed by atoms with Gasteiger partial charge in [-0.15, -0.1) is 11.3 Å². The summed E-state index contributed by atoms with van der Waals surface area (Å²) in [4.78, 5) is 17.7. The fraction of sp³-hybridized carbons (Fsp3) is 0.158. The van der Waals surface area contributed by atoms with Crippen LogP contribution in [-0.2, 0) is 11.3 Å². The van der Waals surface area contributed by atoms with E-state index < -0.39 is 0 Å². The molecule has 5 rings (SSSR count). The Morgan fingerprint density at radius 2 is 2.00 bits per heavy atom. The van der Waals surface area contributed by atoms with E-state index >= 15 is 0 Å². The first-order chi connectivity index (χ1) is 12.2. The fourth-order valence-electron chi connectivity index (χ4n) is 3.61. The molecule has 5 nitrogen and oxygen atoms in total. The zero-order valence-electron chi connectivity index (χ0n) is 13.3. The highest BCUT2D eigenvalue weighted by Crippen LogP contribution is 2.41. The van der Waals surface area contributed by atoms with Gasteiger partial charge in [-0.25, -0.2) is 4.98 Å². The summed E-state index contributed by atoms with van der Waals surface area (Å²) >= 11 is 1.46. The quantitative estimate of drug-likeness (QED) is 0.548. The zero-order chi connectivity index (χ0) is 17.0. The first-order valence-electron chi connectivity index (χ1n) is 8.12. The van der Waals surface area contributed by atoms with Crippen molar-refractivity contribution in [2.75, 3.05) is 5.73 Å². The lowest BCUT2D eigenvalue weighted by Gasteiger charge is -2.13. The summed E-state index contributed by atoms with van der Waals surface area (Å²) in [7, 11) is 0. The minimum Gasteiger partial charge on any atom is -0.456 e. The molecule has 25 heavy (non-hydrogen) atoms. The van der Waals surface area contributed by atoms with Crippen molar-refractivity contribution >= 4 is 44.3 Å². The number of fused-ring (bicyclic) bond motifs is 4. The molecule has 0 radical (unpaired) electrons. The topological polar surface area (TPSA) is 81.2 Å². The Labute approximate surface area is 147 Å². The molecule has 3 heterocycles. The van der Waals surface area contributed by atoms with Gasteiger partial charge in [0, 0.05) is 33.6 Å². The maximum absolute atomic E-state index is 12.2. The summed E-state index contributed by atoms with van der Waals surface area (Å²) < 4.78 is 6.16. The largest absolute Gasteiger partial charge is 0.456 e. The van der Waals surface area contributed by atoms with Crippen LogP contribution in [0.2, 0.25) is 0 Å². The summed E-state index contributed by atoms with van der Waals surface area (Å²) in [6.45, 7) is 0.425. The lowest BCUT2D eigenvalue weighted by atomic mass is 9.92. The van der Waals surface area contributed by atoms with Crippen LogP contribution in [0.15, 0.2) is 46.9 Å². The van der Waals surface area contributed by atoms with E-state index in [1.54, 1.807) is 0 Å². The smallest absolute Gasteiger partial charge is 0.221 e. The number of furan rings is 1. The van der Waals surface area contributed by atoms with Gasteiger partial charge in [-0.05, 0) is 6.07 Å². The molecular formula is C19H15N3O2S. The number of nitrogens with one attached hydrogen (secondary N) is 1. The van der Waals surface area contributed by atoms with Gasteiger partial charge in [0.2, 0.25) is 5.91 Å². The number of amides is 1. The highest BCUT2D eigenvalue weighted by atomic mass is 32.1. The van der Waals surface area contributed by atoms with Gasteiger partial charge >= 0.3 is 0 Å². The third kappa shape index (κ3) is 2.21. The van der Waals surface area contributed by atoms with Gasteiger partial charge in [0.1, 0.15) is 11.2 Å². The molecular weight excluding hydrogens is 334 g/mol. The Morgan fingerprint density at radius 1 is 1.16 bits per heavy atom. The van der Waals surface area contributed by atoms with E-state index in [9.17, 15) is 4.79 Å². The van der Waals surface area contributed by atoms with Gasteiger partial charge < -0.3 is 15.5 Å². The summed E-state index contributed by atoms with van der Waals surface area (Å²) in [6, 6.07) is 14.1. The number of hydrogen-bond acceptors (Lipinski definition) is 5. The molecule has 2 aromatic carbocycles. The van der Waals surface area contributed by atoms with Crippen LogP contribution in [0.5, 0.6) is 0 Å². The third-order valence-electron chi connectivity index (χ3n) is 4.71. The Bertz CT molecular complexity index is 1130. The van der Waals surface area contributed by atoms with Gasteiger partial charge in [0.25, 0.3) is 0 Å². The summed E-state index contributed by atoms with van der Waals surface area (Å²) in [6.07, 6.45) is 0.366. The van der Waals surface area contributed by atoms with E-state index in [2.05, 4.69) is 22.4 Å². The Kier molecular flexibility index (Phi) is 3.08. The molecule has 0 saturated carbocycles. The predicted molar refractivity (Wildman–Crippen MR) is 98.6 cm³/mol. The second kappa shape index (κ2) is 5.32. The SMILES string of the molecule is Nc1nc2c(s1)[C@@H](c1cccc3c1oc1ccccc13)CC(=O)NC2. The van der Waals surface area contributed by atoms with Crippen LogP contribution in [0.1, 0.15) is 28.5 Å². The van der Waals surface area contributed by atoms with Crippen LogP contribution in [0.25, 0.3) is 21.9 Å². The molecule has 0 spiro atoms. The molecule has 1 aliphatic rings. The molecule has 6 heteroatoms. The molecule has 2 aromatic heterocycles. The van der Waals surface area contributed by atoms with Crippen molar-refractivity contribution in [3.63, 3.8) is 0 Å². The number of para-hydroxylation sites is 2. The number of thiazole rings is 1. The maximum atomic E-state index is 12.2. The zero-order valence-corrected chi connectivity index (χ0v) is 14.1. The molecule has 0 fully saturated rings. The van der Waals surface area contributed by atoms with Crippen molar-refractivity contribution in [1.29, 1.82) is 0 Å². The molecule has 1 aliphatic heterocycles. The number of hydrogen-bond donors (Lipinski definition) is 2. The predicted octanol–water partition coefficient (Wildman–Crippen LogP) is 3.78. The normalized spacial score (nSPS) is 17.4. The first-order valence-corrected chi connectivity index (χ1v) is 8.94. The van der Waals surface area contributed by atoms with E-state index in [4.69, 9.17) is 10.2 Å². The van der Waals surface area contributed by atoms with Crippen molar-refractivity contribution in [2.24, 2.45) is 0 Å². The number of aromatic nitrogens is 1. The Morgan fingerprint density at radius 3 is 2.92 bits per heavy atom. The fourth-order valence-corrected chi connectivity index (χ4v) is 4.58. The van der Waals surface area contributed by atoms with Crippen molar-refractivity contribution in [3.8, 4) is 0 Å². The summed E-state index contributed by atoms with van der Waals surface area (Å²) in [5.74, 6) is -0.0848. The second-order valence-electron chi connectivity index (χ2n) is 6.22. The van der Waals surface area contributed by atoms with E-state index in [1.807, 2.05) is 30.3 Å². The molecule has 0 saturated heterocycles.